The van der Waals surface area contributed by atoms with Gasteiger partial charge in [-0.05, 0) is 44.3 Å². The fraction of sp³-hybridized carbons (Fsp3) is 0.278. The fourth-order valence-corrected chi connectivity index (χ4v) is 3.26. The molecule has 1 fully saturated rings. The van der Waals surface area contributed by atoms with Crippen molar-refractivity contribution in [3.8, 4) is 0 Å². The number of benzene rings is 1. The van der Waals surface area contributed by atoms with Gasteiger partial charge in [-0.25, -0.2) is 4.98 Å². The number of pyridine rings is 1. The maximum Gasteiger partial charge on any atom is 0.263 e. The van der Waals surface area contributed by atoms with Crippen LogP contribution in [-0.2, 0) is 0 Å². The van der Waals surface area contributed by atoms with Crippen LogP contribution in [0, 0.1) is 0 Å². The van der Waals surface area contributed by atoms with Gasteiger partial charge in [0.1, 0.15) is 0 Å². The molecule has 0 aliphatic carbocycles. The molecule has 3 heterocycles. The predicted molar refractivity (Wildman–Crippen MR) is 94.7 cm³/mol. The van der Waals surface area contributed by atoms with E-state index >= 15 is 0 Å². The molecule has 1 aliphatic rings. The van der Waals surface area contributed by atoms with Crippen LogP contribution < -0.4 is 10.9 Å². The van der Waals surface area contributed by atoms with Crippen molar-refractivity contribution in [2.75, 3.05) is 25.5 Å². The number of likely N-dealkylation sites (N-methyl/N-ethyl adjacent to an activating group) is 1. The Morgan fingerprint density at radius 3 is 2.83 bits per heavy atom. The number of hydrogen-bond donors (Lipinski definition) is 1. The second-order valence-corrected chi connectivity index (χ2v) is 6.20. The maximum absolute atomic E-state index is 13.1. The highest BCUT2D eigenvalue weighted by atomic mass is 16.1. The molecule has 6 nitrogen and oxygen atoms in total. The molecule has 122 valence electrons. The smallest absolute Gasteiger partial charge is 0.263 e. The van der Waals surface area contributed by atoms with Crippen molar-refractivity contribution in [3.63, 3.8) is 0 Å². The summed E-state index contributed by atoms with van der Waals surface area (Å²) in [7, 11) is 2.08. The molecule has 6 heteroatoms. The summed E-state index contributed by atoms with van der Waals surface area (Å²) < 4.78 is 1.80. The lowest BCUT2D eigenvalue weighted by atomic mass is 10.2. The minimum absolute atomic E-state index is 0.00675. The van der Waals surface area contributed by atoms with Crippen LogP contribution in [0.5, 0.6) is 0 Å². The Kier molecular flexibility index (Phi) is 3.74. The molecule has 0 spiro atoms. The van der Waals surface area contributed by atoms with Crippen molar-refractivity contribution in [1.29, 1.82) is 0 Å². The largest absolute Gasteiger partial charge is 0.324 e. The molecule has 2 aromatic heterocycles. The highest BCUT2D eigenvalue weighted by Gasteiger charge is 2.25. The number of fused-ring (bicyclic) bond motifs is 1. The molecule has 0 bridgehead atoms. The number of nitrogens with one attached hydrogen (secondary N) is 1. The summed E-state index contributed by atoms with van der Waals surface area (Å²) in [5.41, 5.74) is 1.53. The number of aromatic nitrogens is 3. The first-order valence-electron chi connectivity index (χ1n) is 8.09. The summed E-state index contributed by atoms with van der Waals surface area (Å²) in [6.45, 7) is 1.83. The second-order valence-electron chi connectivity index (χ2n) is 6.20. The summed E-state index contributed by atoms with van der Waals surface area (Å²) in [6, 6.07) is 11.4. The first-order valence-corrected chi connectivity index (χ1v) is 8.09. The van der Waals surface area contributed by atoms with Gasteiger partial charge in [0.25, 0.3) is 5.56 Å². The number of rotatable bonds is 3. The molecule has 1 atom stereocenters. The van der Waals surface area contributed by atoms with Crippen molar-refractivity contribution in [2.24, 2.45) is 0 Å². The van der Waals surface area contributed by atoms with Crippen LogP contribution in [0.1, 0.15) is 12.5 Å². The van der Waals surface area contributed by atoms with E-state index in [0.29, 0.717) is 16.9 Å². The molecular weight excluding hydrogens is 302 g/mol. The first-order chi connectivity index (χ1) is 11.7. The van der Waals surface area contributed by atoms with Gasteiger partial charge in [0.05, 0.1) is 28.8 Å². The van der Waals surface area contributed by atoms with Gasteiger partial charge >= 0.3 is 0 Å². The minimum atomic E-state index is 0.00675. The van der Waals surface area contributed by atoms with Crippen molar-refractivity contribution in [2.45, 2.75) is 12.5 Å². The molecule has 1 N–H and O–H groups in total. The van der Waals surface area contributed by atoms with Crippen molar-refractivity contribution < 1.29 is 0 Å². The van der Waals surface area contributed by atoms with Crippen LogP contribution in [0.15, 0.2) is 53.6 Å². The van der Waals surface area contributed by atoms with Gasteiger partial charge in [0.2, 0.25) is 5.95 Å². The third kappa shape index (κ3) is 2.65. The zero-order chi connectivity index (χ0) is 16.5. The van der Waals surface area contributed by atoms with E-state index in [-0.39, 0.29) is 11.6 Å². The zero-order valence-electron chi connectivity index (χ0n) is 13.5. The SMILES string of the molecule is CN1CC[C@@H](n2c(Nc3cccnc3)nc3ccccc3c2=O)C1. The Morgan fingerprint density at radius 2 is 2.08 bits per heavy atom. The highest BCUT2D eigenvalue weighted by Crippen LogP contribution is 2.25. The van der Waals surface area contributed by atoms with Gasteiger partial charge in [-0.15, -0.1) is 0 Å². The van der Waals surface area contributed by atoms with E-state index < -0.39 is 0 Å². The van der Waals surface area contributed by atoms with Crippen molar-refractivity contribution in [3.05, 3.63) is 59.1 Å². The molecule has 0 radical (unpaired) electrons. The van der Waals surface area contributed by atoms with E-state index in [9.17, 15) is 4.79 Å². The predicted octanol–water partition coefficient (Wildman–Crippen LogP) is 2.41. The van der Waals surface area contributed by atoms with E-state index in [4.69, 9.17) is 4.98 Å². The maximum atomic E-state index is 13.1. The first kappa shape index (κ1) is 14.8. The molecule has 0 amide bonds. The Bertz CT molecular complexity index is 922. The van der Waals surface area contributed by atoms with Crippen LogP contribution in [0.25, 0.3) is 10.9 Å². The van der Waals surface area contributed by atoms with Crippen LogP contribution >= 0.6 is 0 Å². The lowest BCUT2D eigenvalue weighted by Crippen LogP contribution is -2.29. The Morgan fingerprint density at radius 1 is 1.21 bits per heavy atom. The normalized spacial score (nSPS) is 18.1. The van der Waals surface area contributed by atoms with Crippen LogP contribution in [0.2, 0.25) is 0 Å². The monoisotopic (exact) mass is 321 g/mol. The molecular formula is C18H19N5O. The third-order valence-corrected chi connectivity index (χ3v) is 4.46. The standard InChI is InChI=1S/C18H19N5O/c1-22-10-8-14(12-22)23-17(24)15-6-2-3-7-16(15)21-18(23)20-13-5-4-9-19-11-13/h2-7,9,11,14H,8,10,12H2,1H3,(H,20,21)/t14-/m1/s1. The zero-order valence-corrected chi connectivity index (χ0v) is 13.5. The third-order valence-electron chi connectivity index (χ3n) is 4.46. The number of hydrogen-bond acceptors (Lipinski definition) is 5. The Balaban J connectivity index is 1.88. The molecule has 24 heavy (non-hydrogen) atoms. The van der Waals surface area contributed by atoms with E-state index in [1.807, 2.05) is 36.4 Å². The van der Waals surface area contributed by atoms with Crippen LogP contribution in [0.4, 0.5) is 11.6 Å². The minimum Gasteiger partial charge on any atom is -0.324 e. The van der Waals surface area contributed by atoms with Gasteiger partial charge in [-0.2, -0.15) is 0 Å². The number of nitrogens with zero attached hydrogens (tertiary/aromatic N) is 4. The van der Waals surface area contributed by atoms with E-state index in [0.717, 1.165) is 25.2 Å². The van der Waals surface area contributed by atoms with Crippen molar-refractivity contribution >= 4 is 22.5 Å². The second kappa shape index (κ2) is 6.05. The quantitative estimate of drug-likeness (QED) is 0.802. The lowest BCUT2D eigenvalue weighted by molar-refractivity contribution is 0.391. The average molecular weight is 321 g/mol. The summed E-state index contributed by atoms with van der Waals surface area (Å²) in [5, 5.41) is 3.92. The number of anilines is 2. The molecule has 0 saturated carbocycles. The fourth-order valence-electron chi connectivity index (χ4n) is 3.26. The Labute approximate surface area is 139 Å². The number of likely N-dealkylation sites (tertiary alicyclic amines) is 1. The highest BCUT2D eigenvalue weighted by molar-refractivity contribution is 5.79. The molecule has 3 aromatic rings. The number of para-hydroxylation sites is 1. The van der Waals surface area contributed by atoms with Gasteiger partial charge in [0.15, 0.2) is 0 Å². The van der Waals surface area contributed by atoms with E-state index in [2.05, 4.69) is 22.2 Å². The van der Waals surface area contributed by atoms with Gasteiger partial charge in [-0.3, -0.25) is 14.3 Å². The molecule has 0 unspecified atom stereocenters. The van der Waals surface area contributed by atoms with Crippen LogP contribution in [0.3, 0.4) is 0 Å². The summed E-state index contributed by atoms with van der Waals surface area (Å²) in [5.74, 6) is 0.576. The van der Waals surface area contributed by atoms with Gasteiger partial charge in [0, 0.05) is 12.7 Å². The summed E-state index contributed by atoms with van der Waals surface area (Å²) in [4.78, 5) is 24.1. The topological polar surface area (TPSA) is 63.1 Å². The van der Waals surface area contributed by atoms with E-state index in [1.54, 1.807) is 17.0 Å². The molecule has 4 rings (SSSR count). The van der Waals surface area contributed by atoms with Gasteiger partial charge in [-0.1, -0.05) is 12.1 Å². The Hall–Kier alpha value is -2.73. The summed E-state index contributed by atoms with van der Waals surface area (Å²) in [6.07, 6.45) is 4.39. The average Bonchev–Trinajstić information content (AvgIpc) is 3.02. The molecule has 1 saturated heterocycles. The lowest BCUT2D eigenvalue weighted by Gasteiger charge is -2.20. The van der Waals surface area contributed by atoms with Crippen LogP contribution in [-0.4, -0.2) is 39.6 Å². The van der Waals surface area contributed by atoms with Gasteiger partial charge < -0.3 is 10.2 Å². The molecule has 1 aliphatic heterocycles. The van der Waals surface area contributed by atoms with E-state index in [1.165, 1.54) is 0 Å². The summed E-state index contributed by atoms with van der Waals surface area (Å²) >= 11 is 0. The van der Waals surface area contributed by atoms with Crippen molar-refractivity contribution in [1.82, 2.24) is 19.4 Å². The molecule has 1 aromatic carbocycles.